The molecule has 126 valence electrons. The first-order valence-electron chi connectivity index (χ1n) is 6.65. The fourth-order valence-electron chi connectivity index (χ4n) is 1.87. The number of benzene rings is 2. The monoisotopic (exact) mass is 339 g/mol. The van der Waals surface area contributed by atoms with Crippen LogP contribution in [0.25, 0.3) is 0 Å². The van der Waals surface area contributed by atoms with Gasteiger partial charge in [0.15, 0.2) is 0 Å². The molecule has 0 aliphatic carbocycles. The van der Waals surface area contributed by atoms with E-state index in [-0.39, 0.29) is 22.6 Å². The zero-order valence-electron chi connectivity index (χ0n) is 12.4. The van der Waals surface area contributed by atoms with Crippen molar-refractivity contribution in [3.05, 3.63) is 59.4 Å². The van der Waals surface area contributed by atoms with Crippen molar-refractivity contribution in [3.63, 3.8) is 0 Å². The van der Waals surface area contributed by atoms with E-state index in [2.05, 4.69) is 14.8 Å². The molecule has 0 saturated carbocycles. The first-order valence-corrected chi connectivity index (χ1v) is 6.65. The van der Waals surface area contributed by atoms with Crippen LogP contribution in [0.3, 0.4) is 0 Å². The summed E-state index contributed by atoms with van der Waals surface area (Å²) in [5.74, 6) is -2.43. The van der Waals surface area contributed by atoms with E-state index < -0.39 is 24.3 Å². The summed E-state index contributed by atoms with van der Waals surface area (Å²) in [7, 11) is 1.17. The molecule has 0 radical (unpaired) electrons. The Morgan fingerprint density at radius 2 is 1.83 bits per heavy atom. The normalized spacial score (nSPS) is 10.4. The maximum Gasteiger partial charge on any atom is 0.387 e. The lowest BCUT2D eigenvalue weighted by Crippen LogP contribution is -2.14. The van der Waals surface area contributed by atoms with Gasteiger partial charge in [-0.25, -0.2) is 9.18 Å². The number of hydrogen-bond acceptors (Lipinski definition) is 4. The van der Waals surface area contributed by atoms with Crippen LogP contribution < -0.4 is 10.1 Å². The Hall–Kier alpha value is -3.03. The van der Waals surface area contributed by atoms with Crippen LogP contribution in [-0.2, 0) is 4.74 Å². The van der Waals surface area contributed by atoms with Crippen LogP contribution in [0.1, 0.15) is 20.7 Å². The van der Waals surface area contributed by atoms with Gasteiger partial charge in [-0.3, -0.25) is 4.79 Å². The van der Waals surface area contributed by atoms with E-state index in [9.17, 15) is 22.8 Å². The number of halogens is 3. The van der Waals surface area contributed by atoms with Gasteiger partial charge in [0.1, 0.15) is 11.6 Å². The van der Waals surface area contributed by atoms with Crippen molar-refractivity contribution in [1.29, 1.82) is 0 Å². The van der Waals surface area contributed by atoms with E-state index in [1.54, 1.807) is 0 Å². The minimum absolute atomic E-state index is 0.0176. The molecule has 1 N–H and O–H groups in total. The lowest BCUT2D eigenvalue weighted by molar-refractivity contribution is -0.0498. The minimum atomic E-state index is -3.03. The molecule has 0 aromatic heterocycles. The van der Waals surface area contributed by atoms with Gasteiger partial charge in [0.05, 0.1) is 18.4 Å². The van der Waals surface area contributed by atoms with Gasteiger partial charge in [-0.2, -0.15) is 8.78 Å². The first kappa shape index (κ1) is 17.3. The molecule has 5 nitrogen and oxygen atoms in total. The van der Waals surface area contributed by atoms with Crippen molar-refractivity contribution in [2.45, 2.75) is 6.61 Å². The fourth-order valence-corrected chi connectivity index (χ4v) is 1.87. The lowest BCUT2D eigenvalue weighted by Gasteiger charge is -2.09. The van der Waals surface area contributed by atoms with Crippen LogP contribution in [0.5, 0.6) is 5.75 Å². The van der Waals surface area contributed by atoms with E-state index in [1.165, 1.54) is 31.4 Å². The number of methoxy groups -OCH3 is 1. The molecule has 0 spiro atoms. The molecule has 2 aromatic rings. The number of esters is 1. The predicted molar refractivity (Wildman–Crippen MR) is 78.8 cm³/mol. The van der Waals surface area contributed by atoms with Crippen LogP contribution in [0.15, 0.2) is 42.5 Å². The SMILES string of the molecule is COC(=O)c1ccc(F)c(NC(=O)c2cccc(OC(F)F)c2)c1. The van der Waals surface area contributed by atoms with Crippen molar-refractivity contribution >= 4 is 17.6 Å². The molecule has 0 aliphatic heterocycles. The summed E-state index contributed by atoms with van der Waals surface area (Å²) in [5, 5.41) is 2.26. The average molecular weight is 339 g/mol. The third kappa shape index (κ3) is 4.25. The Balaban J connectivity index is 2.22. The third-order valence-electron chi connectivity index (χ3n) is 2.96. The molecule has 0 saturated heterocycles. The molecule has 2 rings (SSSR count). The molecule has 24 heavy (non-hydrogen) atoms. The van der Waals surface area contributed by atoms with E-state index in [4.69, 9.17) is 0 Å². The molecular formula is C16H12F3NO4. The molecule has 2 aromatic carbocycles. The second kappa shape index (κ2) is 7.49. The standard InChI is InChI=1S/C16H12F3NO4/c1-23-15(22)10-5-6-12(17)13(8-10)20-14(21)9-3-2-4-11(7-9)24-16(18)19/h2-8,16H,1H3,(H,20,21). The summed E-state index contributed by atoms with van der Waals surface area (Å²) in [6.07, 6.45) is 0. The van der Waals surface area contributed by atoms with Crippen molar-refractivity contribution in [3.8, 4) is 5.75 Å². The van der Waals surface area contributed by atoms with Crippen LogP contribution in [0.2, 0.25) is 0 Å². The van der Waals surface area contributed by atoms with E-state index in [0.717, 1.165) is 18.2 Å². The van der Waals surface area contributed by atoms with Gasteiger partial charge < -0.3 is 14.8 Å². The number of anilines is 1. The summed E-state index contributed by atoms with van der Waals surface area (Å²) in [6, 6.07) is 8.33. The van der Waals surface area contributed by atoms with Gasteiger partial charge in [0.25, 0.3) is 5.91 Å². The quantitative estimate of drug-likeness (QED) is 0.847. The number of carbonyl (C=O) groups excluding carboxylic acids is 2. The maximum atomic E-state index is 13.8. The minimum Gasteiger partial charge on any atom is -0.465 e. The summed E-state index contributed by atoms with van der Waals surface area (Å²) in [4.78, 5) is 23.6. The van der Waals surface area contributed by atoms with Crippen molar-refractivity contribution in [2.75, 3.05) is 12.4 Å². The molecular weight excluding hydrogens is 327 g/mol. The highest BCUT2D eigenvalue weighted by molar-refractivity contribution is 6.05. The Kier molecular flexibility index (Phi) is 5.41. The first-order chi connectivity index (χ1) is 11.4. The largest absolute Gasteiger partial charge is 0.465 e. The molecule has 0 unspecified atom stereocenters. The number of alkyl halides is 2. The average Bonchev–Trinajstić information content (AvgIpc) is 2.55. The van der Waals surface area contributed by atoms with Crippen LogP contribution in [0, 0.1) is 5.82 Å². The van der Waals surface area contributed by atoms with E-state index >= 15 is 0 Å². The van der Waals surface area contributed by atoms with Crippen molar-refractivity contribution in [1.82, 2.24) is 0 Å². The fraction of sp³-hybridized carbons (Fsp3) is 0.125. The number of carbonyl (C=O) groups is 2. The zero-order valence-corrected chi connectivity index (χ0v) is 12.4. The molecule has 0 atom stereocenters. The molecule has 0 heterocycles. The predicted octanol–water partition coefficient (Wildman–Crippen LogP) is 3.47. The Bertz CT molecular complexity index is 765. The van der Waals surface area contributed by atoms with Crippen LogP contribution in [0.4, 0.5) is 18.9 Å². The summed E-state index contributed by atoms with van der Waals surface area (Å²) >= 11 is 0. The molecule has 0 fully saturated rings. The molecule has 0 aliphatic rings. The van der Waals surface area contributed by atoms with Gasteiger partial charge in [-0.05, 0) is 36.4 Å². The second-order valence-corrected chi connectivity index (χ2v) is 4.55. The summed E-state index contributed by atoms with van der Waals surface area (Å²) in [6.45, 7) is -3.03. The Morgan fingerprint density at radius 1 is 1.08 bits per heavy atom. The Labute approximate surface area is 135 Å². The summed E-state index contributed by atoms with van der Waals surface area (Å²) < 4.78 is 46.9. The second-order valence-electron chi connectivity index (χ2n) is 4.55. The highest BCUT2D eigenvalue weighted by Gasteiger charge is 2.14. The zero-order chi connectivity index (χ0) is 17.7. The van der Waals surface area contributed by atoms with Crippen molar-refractivity contribution in [2.24, 2.45) is 0 Å². The van der Waals surface area contributed by atoms with Crippen LogP contribution in [-0.4, -0.2) is 25.6 Å². The molecule has 1 amide bonds. The van der Waals surface area contributed by atoms with Gasteiger partial charge >= 0.3 is 12.6 Å². The van der Waals surface area contributed by atoms with E-state index in [1.807, 2.05) is 0 Å². The highest BCUT2D eigenvalue weighted by Crippen LogP contribution is 2.20. The van der Waals surface area contributed by atoms with Gasteiger partial charge in [-0.15, -0.1) is 0 Å². The summed E-state index contributed by atoms with van der Waals surface area (Å²) in [5.41, 5.74) is -0.219. The smallest absolute Gasteiger partial charge is 0.387 e. The number of rotatable bonds is 5. The number of hydrogen-bond donors (Lipinski definition) is 1. The third-order valence-corrected chi connectivity index (χ3v) is 2.96. The lowest BCUT2D eigenvalue weighted by atomic mass is 10.1. The molecule has 8 heteroatoms. The Morgan fingerprint density at radius 3 is 2.50 bits per heavy atom. The van der Waals surface area contributed by atoms with E-state index in [0.29, 0.717) is 0 Å². The number of amides is 1. The van der Waals surface area contributed by atoms with Crippen LogP contribution >= 0.6 is 0 Å². The number of nitrogens with one attached hydrogen (secondary N) is 1. The molecule has 0 bridgehead atoms. The maximum absolute atomic E-state index is 13.8. The van der Waals surface area contributed by atoms with Gasteiger partial charge in [0, 0.05) is 5.56 Å². The highest BCUT2D eigenvalue weighted by atomic mass is 19.3. The van der Waals surface area contributed by atoms with Gasteiger partial charge in [-0.1, -0.05) is 6.07 Å². The number of ether oxygens (including phenoxy) is 2. The van der Waals surface area contributed by atoms with Gasteiger partial charge in [0.2, 0.25) is 0 Å². The van der Waals surface area contributed by atoms with Crippen molar-refractivity contribution < 1.29 is 32.2 Å². The topological polar surface area (TPSA) is 64.6 Å².